The van der Waals surface area contributed by atoms with E-state index in [1.165, 1.54) is 24.3 Å². The number of rotatable bonds is 4. The summed E-state index contributed by atoms with van der Waals surface area (Å²) in [6, 6.07) is 14.5. The Bertz CT molecular complexity index is 1070. The standard InChI is InChI=1S/C16H11Cl2N3O3S/c17-11-6-7-12(18)15(9-11)25(23,24)21-20-16(22)14-8-5-10-3-1-2-4-13(10)19-14/h1-9,21H,(H,20,22). The summed E-state index contributed by atoms with van der Waals surface area (Å²) >= 11 is 11.7. The normalized spacial score (nSPS) is 11.4. The van der Waals surface area contributed by atoms with Gasteiger partial charge in [0.1, 0.15) is 10.6 Å². The molecule has 0 radical (unpaired) electrons. The summed E-state index contributed by atoms with van der Waals surface area (Å²) in [6.07, 6.45) is 0. The third kappa shape index (κ3) is 3.91. The Morgan fingerprint density at radius 3 is 2.56 bits per heavy atom. The molecule has 0 aliphatic heterocycles. The third-order valence-electron chi connectivity index (χ3n) is 3.31. The summed E-state index contributed by atoms with van der Waals surface area (Å²) in [5.74, 6) is -0.701. The van der Waals surface area contributed by atoms with Gasteiger partial charge in [0.25, 0.3) is 15.9 Å². The highest BCUT2D eigenvalue weighted by atomic mass is 35.5. The largest absolute Gasteiger partial charge is 0.284 e. The van der Waals surface area contributed by atoms with Crippen LogP contribution in [0.1, 0.15) is 10.5 Å². The van der Waals surface area contributed by atoms with Gasteiger partial charge in [0, 0.05) is 10.4 Å². The Hall–Kier alpha value is -2.19. The van der Waals surface area contributed by atoms with Crippen LogP contribution in [0.3, 0.4) is 0 Å². The molecule has 0 aliphatic rings. The third-order valence-corrected chi connectivity index (χ3v) is 5.28. The summed E-state index contributed by atoms with van der Waals surface area (Å²) < 4.78 is 24.5. The smallest absolute Gasteiger partial charge is 0.272 e. The van der Waals surface area contributed by atoms with Gasteiger partial charge in [-0.05, 0) is 30.3 Å². The van der Waals surface area contributed by atoms with Crippen molar-refractivity contribution < 1.29 is 13.2 Å². The van der Waals surface area contributed by atoms with Crippen LogP contribution in [0.2, 0.25) is 10.0 Å². The number of amides is 1. The van der Waals surface area contributed by atoms with Crippen LogP contribution in [0.5, 0.6) is 0 Å². The van der Waals surface area contributed by atoms with E-state index >= 15 is 0 Å². The van der Waals surface area contributed by atoms with E-state index in [1.807, 2.05) is 17.0 Å². The number of nitrogens with one attached hydrogen (secondary N) is 2. The van der Waals surface area contributed by atoms with Gasteiger partial charge in [-0.3, -0.25) is 10.2 Å². The minimum absolute atomic E-state index is 0.0185. The molecular formula is C16H11Cl2N3O3S. The van der Waals surface area contributed by atoms with Gasteiger partial charge in [0.05, 0.1) is 10.5 Å². The molecule has 0 atom stereocenters. The number of nitrogens with zero attached hydrogens (tertiary/aromatic N) is 1. The van der Waals surface area contributed by atoms with E-state index in [4.69, 9.17) is 23.2 Å². The van der Waals surface area contributed by atoms with Crippen LogP contribution >= 0.6 is 23.2 Å². The van der Waals surface area contributed by atoms with Crippen LogP contribution in [-0.4, -0.2) is 19.3 Å². The highest BCUT2D eigenvalue weighted by Gasteiger charge is 2.20. The molecule has 2 N–H and O–H groups in total. The molecule has 1 amide bonds. The van der Waals surface area contributed by atoms with E-state index in [2.05, 4.69) is 10.4 Å². The van der Waals surface area contributed by atoms with Crippen LogP contribution < -0.4 is 10.3 Å². The number of aromatic nitrogens is 1. The molecule has 3 aromatic rings. The molecule has 0 aliphatic carbocycles. The predicted molar refractivity (Wildman–Crippen MR) is 96.0 cm³/mol. The van der Waals surface area contributed by atoms with Gasteiger partial charge in [-0.1, -0.05) is 47.5 Å². The Labute approximate surface area is 153 Å². The molecule has 0 bridgehead atoms. The van der Waals surface area contributed by atoms with Gasteiger partial charge in [0.15, 0.2) is 0 Å². The minimum Gasteiger partial charge on any atom is -0.272 e. The first-order valence-electron chi connectivity index (χ1n) is 7.00. The summed E-state index contributed by atoms with van der Waals surface area (Å²) in [5.41, 5.74) is 2.80. The lowest BCUT2D eigenvalue weighted by atomic mass is 10.2. The van der Waals surface area contributed by atoms with Gasteiger partial charge in [-0.15, -0.1) is 4.83 Å². The molecule has 1 aromatic heterocycles. The van der Waals surface area contributed by atoms with E-state index in [0.717, 1.165) is 5.39 Å². The average molecular weight is 396 g/mol. The fourth-order valence-corrected chi connectivity index (χ4v) is 3.71. The molecule has 6 nitrogen and oxygen atoms in total. The van der Waals surface area contributed by atoms with Crippen molar-refractivity contribution in [3.05, 3.63) is 70.3 Å². The zero-order valence-electron chi connectivity index (χ0n) is 12.5. The lowest BCUT2D eigenvalue weighted by Gasteiger charge is -2.10. The number of para-hydroxylation sites is 1. The highest BCUT2D eigenvalue weighted by Crippen LogP contribution is 2.24. The first kappa shape index (κ1) is 17.6. The average Bonchev–Trinajstić information content (AvgIpc) is 2.61. The van der Waals surface area contributed by atoms with Gasteiger partial charge in [-0.2, -0.15) is 0 Å². The summed E-state index contributed by atoms with van der Waals surface area (Å²) in [4.78, 5) is 18.1. The summed E-state index contributed by atoms with van der Waals surface area (Å²) in [6.45, 7) is 0. The number of halogens is 2. The quantitative estimate of drug-likeness (QED) is 0.664. The molecule has 128 valence electrons. The number of carbonyl (C=O) groups is 1. The minimum atomic E-state index is -4.09. The monoisotopic (exact) mass is 395 g/mol. The second-order valence-electron chi connectivity index (χ2n) is 5.02. The second-order valence-corrected chi connectivity index (χ2v) is 7.52. The predicted octanol–water partition coefficient (Wildman–Crippen LogP) is 3.16. The molecular weight excluding hydrogens is 385 g/mol. The number of hydrogen-bond donors (Lipinski definition) is 2. The van der Waals surface area contributed by atoms with Crippen molar-refractivity contribution in [2.75, 3.05) is 0 Å². The van der Waals surface area contributed by atoms with Gasteiger partial charge in [0.2, 0.25) is 0 Å². The number of hydrazine groups is 1. The van der Waals surface area contributed by atoms with Gasteiger partial charge < -0.3 is 0 Å². The van der Waals surface area contributed by atoms with E-state index < -0.39 is 15.9 Å². The highest BCUT2D eigenvalue weighted by molar-refractivity contribution is 7.89. The molecule has 3 rings (SSSR count). The maximum absolute atomic E-state index is 12.3. The van der Waals surface area contributed by atoms with Crippen LogP contribution in [-0.2, 0) is 10.0 Å². The molecule has 2 aromatic carbocycles. The lowest BCUT2D eigenvalue weighted by Crippen LogP contribution is -2.41. The first-order valence-corrected chi connectivity index (χ1v) is 9.24. The van der Waals surface area contributed by atoms with E-state index in [9.17, 15) is 13.2 Å². The molecule has 0 spiro atoms. The van der Waals surface area contributed by atoms with Gasteiger partial charge in [-0.25, -0.2) is 13.4 Å². The van der Waals surface area contributed by atoms with Crippen molar-refractivity contribution in [3.63, 3.8) is 0 Å². The van der Waals surface area contributed by atoms with Crippen molar-refractivity contribution in [3.8, 4) is 0 Å². The lowest BCUT2D eigenvalue weighted by molar-refractivity contribution is 0.0940. The maximum Gasteiger partial charge on any atom is 0.284 e. The van der Waals surface area contributed by atoms with Crippen molar-refractivity contribution in [1.82, 2.24) is 15.2 Å². The number of benzene rings is 2. The SMILES string of the molecule is O=C(NNS(=O)(=O)c1cc(Cl)ccc1Cl)c1ccc2ccccc2n1. The van der Waals surface area contributed by atoms with Crippen molar-refractivity contribution in [2.24, 2.45) is 0 Å². The van der Waals surface area contributed by atoms with Crippen molar-refractivity contribution in [2.45, 2.75) is 4.90 Å². The molecule has 25 heavy (non-hydrogen) atoms. The number of fused-ring (bicyclic) bond motifs is 1. The van der Waals surface area contributed by atoms with Gasteiger partial charge >= 0.3 is 0 Å². The molecule has 0 saturated carbocycles. The maximum atomic E-state index is 12.3. The zero-order chi connectivity index (χ0) is 18.0. The summed E-state index contributed by atoms with van der Waals surface area (Å²) in [5, 5.41) is 1.05. The van der Waals surface area contributed by atoms with Crippen LogP contribution in [0, 0.1) is 0 Å². The number of sulfonamides is 1. The van der Waals surface area contributed by atoms with Crippen LogP contribution in [0.25, 0.3) is 10.9 Å². The fourth-order valence-electron chi connectivity index (χ4n) is 2.11. The van der Waals surface area contributed by atoms with Crippen LogP contribution in [0.4, 0.5) is 0 Å². The zero-order valence-corrected chi connectivity index (χ0v) is 14.9. The Kier molecular flexibility index (Phi) is 4.91. The van der Waals surface area contributed by atoms with Crippen molar-refractivity contribution >= 4 is 50.0 Å². The Morgan fingerprint density at radius 1 is 1.00 bits per heavy atom. The summed E-state index contributed by atoms with van der Waals surface area (Å²) in [7, 11) is -4.09. The number of hydrogen-bond acceptors (Lipinski definition) is 4. The second kappa shape index (κ2) is 6.97. The van der Waals surface area contributed by atoms with Crippen LogP contribution in [0.15, 0.2) is 59.5 Å². The van der Waals surface area contributed by atoms with E-state index in [-0.39, 0.29) is 20.6 Å². The molecule has 9 heteroatoms. The fraction of sp³-hybridized carbons (Fsp3) is 0. The van der Waals surface area contributed by atoms with E-state index in [1.54, 1.807) is 18.2 Å². The molecule has 0 fully saturated rings. The van der Waals surface area contributed by atoms with E-state index in [0.29, 0.717) is 5.52 Å². The molecule has 0 saturated heterocycles. The number of pyridine rings is 1. The topological polar surface area (TPSA) is 88.2 Å². The van der Waals surface area contributed by atoms with Crippen molar-refractivity contribution in [1.29, 1.82) is 0 Å². The molecule has 1 heterocycles. The number of carbonyl (C=O) groups excluding carboxylic acids is 1. The molecule has 0 unspecified atom stereocenters. The Balaban J connectivity index is 1.79. The first-order chi connectivity index (χ1) is 11.9. The Morgan fingerprint density at radius 2 is 1.76 bits per heavy atom.